The second-order valence-electron chi connectivity index (χ2n) is 4.91. The minimum absolute atomic E-state index is 0.119. The maximum Gasteiger partial charge on any atom is 0.260 e. The van der Waals surface area contributed by atoms with Gasteiger partial charge in [-0.3, -0.25) is 4.79 Å². The molecule has 5 heteroatoms. The zero-order chi connectivity index (χ0) is 13.8. The van der Waals surface area contributed by atoms with Crippen molar-refractivity contribution < 1.29 is 9.53 Å². The van der Waals surface area contributed by atoms with E-state index in [0.29, 0.717) is 16.5 Å². The summed E-state index contributed by atoms with van der Waals surface area (Å²) in [5, 5.41) is 3.41. The van der Waals surface area contributed by atoms with Gasteiger partial charge in [-0.05, 0) is 31.9 Å². The van der Waals surface area contributed by atoms with Gasteiger partial charge in [-0.2, -0.15) is 0 Å². The highest BCUT2D eigenvalue weighted by molar-refractivity contribution is 6.32. The largest absolute Gasteiger partial charge is 0.477 e. The first-order valence-electron chi connectivity index (χ1n) is 6.59. The van der Waals surface area contributed by atoms with Crippen LogP contribution < -0.4 is 15.8 Å². The molecule has 0 bridgehead atoms. The van der Waals surface area contributed by atoms with Gasteiger partial charge < -0.3 is 15.8 Å². The second-order valence-corrected chi connectivity index (χ2v) is 5.32. The molecule has 19 heavy (non-hydrogen) atoms. The van der Waals surface area contributed by atoms with Crippen molar-refractivity contribution >= 4 is 23.2 Å². The zero-order valence-corrected chi connectivity index (χ0v) is 11.7. The van der Waals surface area contributed by atoms with E-state index in [1.807, 2.05) is 0 Å². The predicted molar refractivity (Wildman–Crippen MR) is 76.4 cm³/mol. The number of hydrogen-bond acceptors (Lipinski definition) is 3. The SMILES string of the molecule is CC(Oc1c(N)cccc1Cl)C(=O)NC1CCCC1. The average molecular weight is 283 g/mol. The van der Waals surface area contributed by atoms with Crippen LogP contribution in [0.4, 0.5) is 5.69 Å². The standard InChI is InChI=1S/C14H19ClN2O2/c1-9(14(18)17-10-5-2-3-6-10)19-13-11(15)7-4-8-12(13)16/h4,7-10H,2-3,5-6,16H2,1H3,(H,17,18). The number of amides is 1. The quantitative estimate of drug-likeness (QED) is 0.835. The van der Waals surface area contributed by atoms with Gasteiger partial charge in [0.1, 0.15) is 0 Å². The third-order valence-electron chi connectivity index (χ3n) is 3.36. The van der Waals surface area contributed by atoms with E-state index in [9.17, 15) is 4.79 Å². The van der Waals surface area contributed by atoms with Crippen LogP contribution in [-0.2, 0) is 4.79 Å². The van der Waals surface area contributed by atoms with E-state index in [0.717, 1.165) is 12.8 Å². The van der Waals surface area contributed by atoms with Gasteiger partial charge in [0, 0.05) is 6.04 Å². The van der Waals surface area contributed by atoms with Crippen LogP contribution >= 0.6 is 11.6 Å². The molecule has 1 aliphatic rings. The first-order valence-corrected chi connectivity index (χ1v) is 6.96. The van der Waals surface area contributed by atoms with Crippen molar-refractivity contribution in [2.45, 2.75) is 44.8 Å². The van der Waals surface area contributed by atoms with Gasteiger partial charge in [-0.15, -0.1) is 0 Å². The molecule has 1 atom stereocenters. The molecule has 1 aromatic rings. The molecule has 1 aliphatic carbocycles. The first-order chi connectivity index (χ1) is 9.08. The highest BCUT2D eigenvalue weighted by Crippen LogP contribution is 2.31. The summed E-state index contributed by atoms with van der Waals surface area (Å²) in [6.07, 6.45) is 3.84. The Kier molecular flexibility index (Phi) is 4.53. The summed E-state index contributed by atoms with van der Waals surface area (Å²) in [4.78, 5) is 12.0. The molecule has 4 nitrogen and oxygen atoms in total. The summed E-state index contributed by atoms with van der Waals surface area (Å²) in [5.74, 6) is 0.254. The fourth-order valence-corrected chi connectivity index (χ4v) is 2.50. The fourth-order valence-electron chi connectivity index (χ4n) is 2.27. The zero-order valence-electron chi connectivity index (χ0n) is 11.0. The second kappa shape index (κ2) is 6.15. The molecule has 0 heterocycles. The van der Waals surface area contributed by atoms with Crippen LogP contribution in [0.3, 0.4) is 0 Å². The first kappa shape index (κ1) is 14.0. The van der Waals surface area contributed by atoms with Crippen LogP contribution in [-0.4, -0.2) is 18.1 Å². The number of carbonyl (C=O) groups excluding carboxylic acids is 1. The van der Waals surface area contributed by atoms with Crippen molar-refractivity contribution in [3.05, 3.63) is 23.2 Å². The molecular weight excluding hydrogens is 264 g/mol. The molecule has 2 rings (SSSR count). The van der Waals surface area contributed by atoms with E-state index in [4.69, 9.17) is 22.1 Å². The smallest absolute Gasteiger partial charge is 0.260 e. The molecule has 1 aromatic carbocycles. The van der Waals surface area contributed by atoms with Crippen molar-refractivity contribution in [1.82, 2.24) is 5.32 Å². The molecule has 0 aliphatic heterocycles. The maximum atomic E-state index is 12.0. The number of nitrogens with two attached hydrogens (primary N) is 1. The van der Waals surface area contributed by atoms with Crippen molar-refractivity contribution in [2.75, 3.05) is 5.73 Å². The highest BCUT2D eigenvalue weighted by atomic mass is 35.5. The molecule has 0 spiro atoms. The lowest BCUT2D eigenvalue weighted by Gasteiger charge is -2.19. The van der Waals surface area contributed by atoms with Gasteiger partial charge in [0.2, 0.25) is 0 Å². The van der Waals surface area contributed by atoms with Crippen LogP contribution in [0.25, 0.3) is 0 Å². The minimum Gasteiger partial charge on any atom is -0.477 e. The lowest BCUT2D eigenvalue weighted by molar-refractivity contribution is -0.127. The lowest BCUT2D eigenvalue weighted by atomic mass is 10.2. The summed E-state index contributed by atoms with van der Waals surface area (Å²) < 4.78 is 5.58. The van der Waals surface area contributed by atoms with Crippen molar-refractivity contribution in [1.29, 1.82) is 0 Å². The topological polar surface area (TPSA) is 64.3 Å². The third kappa shape index (κ3) is 3.53. The van der Waals surface area contributed by atoms with Crippen LogP contribution in [0.2, 0.25) is 5.02 Å². The van der Waals surface area contributed by atoms with Crippen molar-refractivity contribution in [3.63, 3.8) is 0 Å². The molecule has 1 saturated carbocycles. The number of halogens is 1. The normalized spacial score (nSPS) is 17.2. The number of para-hydroxylation sites is 1. The Morgan fingerprint density at radius 3 is 2.79 bits per heavy atom. The average Bonchev–Trinajstić information content (AvgIpc) is 2.86. The third-order valence-corrected chi connectivity index (χ3v) is 3.66. The van der Waals surface area contributed by atoms with Crippen molar-refractivity contribution in [2.24, 2.45) is 0 Å². The van der Waals surface area contributed by atoms with E-state index >= 15 is 0 Å². The van der Waals surface area contributed by atoms with Crippen molar-refractivity contribution in [3.8, 4) is 5.75 Å². The van der Waals surface area contributed by atoms with Gasteiger partial charge in [0.15, 0.2) is 11.9 Å². The van der Waals surface area contributed by atoms with E-state index in [2.05, 4.69) is 5.32 Å². The molecule has 0 aromatic heterocycles. The molecule has 1 fully saturated rings. The number of nitrogen functional groups attached to an aromatic ring is 1. The van der Waals surface area contributed by atoms with Crippen LogP contribution in [0.5, 0.6) is 5.75 Å². The van der Waals surface area contributed by atoms with Gasteiger partial charge >= 0.3 is 0 Å². The fraction of sp³-hybridized carbons (Fsp3) is 0.500. The van der Waals surface area contributed by atoms with Crippen LogP contribution in [0.15, 0.2) is 18.2 Å². The number of rotatable bonds is 4. The number of hydrogen-bond donors (Lipinski definition) is 2. The number of ether oxygens (including phenoxy) is 1. The Bertz CT molecular complexity index is 439. The van der Waals surface area contributed by atoms with Gasteiger partial charge in [-0.25, -0.2) is 0 Å². The molecular formula is C14H19ClN2O2. The Balaban J connectivity index is 1.96. The summed E-state index contributed by atoms with van der Waals surface area (Å²) in [5.41, 5.74) is 6.23. The lowest BCUT2D eigenvalue weighted by Crippen LogP contribution is -2.41. The Morgan fingerprint density at radius 2 is 2.16 bits per heavy atom. The summed E-state index contributed by atoms with van der Waals surface area (Å²) in [6, 6.07) is 5.41. The molecule has 0 saturated heterocycles. The number of carbonyl (C=O) groups is 1. The highest BCUT2D eigenvalue weighted by Gasteiger charge is 2.22. The van der Waals surface area contributed by atoms with Gasteiger partial charge in [0.25, 0.3) is 5.91 Å². The Labute approximate surface area is 118 Å². The number of benzene rings is 1. The minimum atomic E-state index is -0.609. The van der Waals surface area contributed by atoms with Crippen LogP contribution in [0, 0.1) is 0 Å². The van der Waals surface area contributed by atoms with E-state index in [-0.39, 0.29) is 11.9 Å². The molecule has 1 unspecified atom stereocenters. The maximum absolute atomic E-state index is 12.0. The van der Waals surface area contributed by atoms with E-state index < -0.39 is 6.10 Å². The Hall–Kier alpha value is -1.42. The monoisotopic (exact) mass is 282 g/mol. The molecule has 3 N–H and O–H groups in total. The summed E-state index contributed by atoms with van der Waals surface area (Å²) >= 11 is 6.01. The molecule has 104 valence electrons. The summed E-state index contributed by atoms with van der Waals surface area (Å²) in [7, 11) is 0. The van der Waals surface area contributed by atoms with Gasteiger partial charge in [0.05, 0.1) is 10.7 Å². The van der Waals surface area contributed by atoms with E-state index in [1.165, 1.54) is 12.8 Å². The molecule has 0 radical (unpaired) electrons. The molecule has 1 amide bonds. The Morgan fingerprint density at radius 1 is 1.47 bits per heavy atom. The van der Waals surface area contributed by atoms with E-state index in [1.54, 1.807) is 25.1 Å². The number of anilines is 1. The summed E-state index contributed by atoms with van der Waals surface area (Å²) in [6.45, 7) is 1.70. The van der Waals surface area contributed by atoms with Crippen LogP contribution in [0.1, 0.15) is 32.6 Å². The predicted octanol–water partition coefficient (Wildman–Crippen LogP) is 2.75. The van der Waals surface area contributed by atoms with Gasteiger partial charge in [-0.1, -0.05) is 30.5 Å². The number of nitrogens with one attached hydrogen (secondary N) is 1.